The van der Waals surface area contributed by atoms with Crippen LogP contribution in [-0.2, 0) is 11.4 Å². The fraction of sp³-hybridized carbons (Fsp3) is 0.300. The first-order chi connectivity index (χ1) is 13.2. The number of halogens is 3. The Hall–Kier alpha value is -3.03. The van der Waals surface area contributed by atoms with Crippen LogP contribution < -0.4 is 4.74 Å². The maximum atomic E-state index is 12.8. The average molecular weight is 394 g/mol. The van der Waals surface area contributed by atoms with E-state index >= 15 is 0 Å². The molecule has 0 aliphatic rings. The lowest BCUT2D eigenvalue weighted by Gasteiger charge is -2.25. The summed E-state index contributed by atoms with van der Waals surface area (Å²) in [5, 5.41) is 0. The van der Waals surface area contributed by atoms with E-state index < -0.39 is 31.1 Å². The molecular formula is C20H21F3N2O3. The number of alkyl halides is 3. The second-order valence-corrected chi connectivity index (χ2v) is 6.36. The van der Waals surface area contributed by atoms with E-state index in [2.05, 4.69) is 0 Å². The number of rotatable bonds is 7. The Morgan fingerprint density at radius 3 is 2.11 bits per heavy atom. The van der Waals surface area contributed by atoms with Crippen molar-refractivity contribution in [2.45, 2.75) is 12.8 Å². The Balaban J connectivity index is 2.07. The molecule has 150 valence electrons. The molecule has 0 aliphatic heterocycles. The molecular weight excluding hydrogens is 373 g/mol. The maximum Gasteiger partial charge on any atom is 0.406 e. The third kappa shape index (κ3) is 6.61. The molecule has 8 heteroatoms. The second-order valence-electron chi connectivity index (χ2n) is 6.36. The number of likely N-dealkylation sites (N-methyl/N-ethyl adjacent to an activating group) is 1. The van der Waals surface area contributed by atoms with Gasteiger partial charge in [-0.1, -0.05) is 30.3 Å². The zero-order valence-electron chi connectivity index (χ0n) is 15.6. The van der Waals surface area contributed by atoms with E-state index in [-0.39, 0.29) is 12.2 Å². The average Bonchev–Trinajstić information content (AvgIpc) is 2.65. The minimum Gasteiger partial charge on any atom is -0.489 e. The number of carbonyl (C=O) groups excluding carboxylic acids is 2. The Morgan fingerprint density at radius 1 is 0.964 bits per heavy atom. The normalized spacial score (nSPS) is 11.0. The van der Waals surface area contributed by atoms with Crippen molar-refractivity contribution in [3.05, 3.63) is 65.7 Å². The van der Waals surface area contributed by atoms with Crippen molar-refractivity contribution < 1.29 is 27.5 Å². The molecule has 0 unspecified atom stereocenters. The molecule has 2 amide bonds. The summed E-state index contributed by atoms with van der Waals surface area (Å²) in [4.78, 5) is 25.9. The van der Waals surface area contributed by atoms with Crippen LogP contribution in [0.25, 0.3) is 0 Å². The van der Waals surface area contributed by atoms with Crippen LogP contribution in [-0.4, -0.2) is 55.0 Å². The van der Waals surface area contributed by atoms with Crippen LogP contribution in [0.15, 0.2) is 54.6 Å². The number of ether oxygens (including phenoxy) is 1. The summed E-state index contributed by atoms with van der Waals surface area (Å²) in [5.74, 6) is -0.769. The van der Waals surface area contributed by atoms with Crippen molar-refractivity contribution in [3.63, 3.8) is 0 Å². The molecule has 0 atom stereocenters. The lowest BCUT2D eigenvalue weighted by Crippen LogP contribution is -2.44. The predicted octanol–water partition coefficient (Wildman–Crippen LogP) is 3.36. The molecule has 0 heterocycles. The smallest absolute Gasteiger partial charge is 0.406 e. The van der Waals surface area contributed by atoms with Crippen LogP contribution in [0.3, 0.4) is 0 Å². The van der Waals surface area contributed by atoms with E-state index in [1.807, 2.05) is 18.2 Å². The molecule has 0 spiro atoms. The first kappa shape index (κ1) is 21.3. The molecule has 0 N–H and O–H groups in total. The molecule has 0 saturated carbocycles. The number of amides is 2. The van der Waals surface area contributed by atoms with Gasteiger partial charge in [0.25, 0.3) is 5.91 Å². The lowest BCUT2D eigenvalue weighted by molar-refractivity contribution is -0.146. The van der Waals surface area contributed by atoms with Crippen LogP contribution in [0.5, 0.6) is 5.75 Å². The van der Waals surface area contributed by atoms with Gasteiger partial charge in [-0.3, -0.25) is 9.59 Å². The number of benzene rings is 2. The first-order valence-electron chi connectivity index (χ1n) is 8.48. The fourth-order valence-electron chi connectivity index (χ4n) is 2.33. The summed E-state index contributed by atoms with van der Waals surface area (Å²) < 4.78 is 44.1. The molecule has 0 radical (unpaired) electrons. The van der Waals surface area contributed by atoms with Gasteiger partial charge in [0, 0.05) is 19.7 Å². The highest BCUT2D eigenvalue weighted by Crippen LogP contribution is 2.19. The summed E-state index contributed by atoms with van der Waals surface area (Å²) in [6.07, 6.45) is -4.61. The number of hydrogen-bond acceptors (Lipinski definition) is 3. The predicted molar refractivity (Wildman–Crippen MR) is 97.9 cm³/mol. The Bertz CT molecular complexity index is 791. The van der Waals surface area contributed by atoms with E-state index in [0.29, 0.717) is 10.6 Å². The summed E-state index contributed by atoms with van der Waals surface area (Å²) in [7, 11) is 2.83. The first-order valence-corrected chi connectivity index (χ1v) is 8.48. The van der Waals surface area contributed by atoms with Crippen molar-refractivity contribution in [3.8, 4) is 5.75 Å². The van der Waals surface area contributed by atoms with Crippen LogP contribution in [0.4, 0.5) is 13.2 Å². The Kier molecular flexibility index (Phi) is 7.03. The highest BCUT2D eigenvalue weighted by atomic mass is 19.4. The topological polar surface area (TPSA) is 49.9 Å². The molecule has 2 aromatic carbocycles. The molecule has 2 aromatic rings. The van der Waals surface area contributed by atoms with Crippen LogP contribution in [0, 0.1) is 0 Å². The third-order valence-corrected chi connectivity index (χ3v) is 3.83. The van der Waals surface area contributed by atoms with Gasteiger partial charge in [-0.15, -0.1) is 0 Å². The monoisotopic (exact) mass is 394 g/mol. The van der Waals surface area contributed by atoms with Gasteiger partial charge in [0.05, 0.1) is 0 Å². The molecule has 28 heavy (non-hydrogen) atoms. The van der Waals surface area contributed by atoms with Crippen molar-refractivity contribution in [1.29, 1.82) is 0 Å². The Morgan fingerprint density at radius 2 is 1.57 bits per heavy atom. The Labute approximate surface area is 161 Å². The summed E-state index contributed by atoms with van der Waals surface area (Å²) in [6.45, 7) is -1.89. The van der Waals surface area contributed by atoms with Gasteiger partial charge in [0.1, 0.15) is 25.4 Å². The number of nitrogens with zero attached hydrogens (tertiary/aromatic N) is 2. The minimum atomic E-state index is -4.61. The van der Waals surface area contributed by atoms with E-state index in [4.69, 9.17) is 4.74 Å². The van der Waals surface area contributed by atoms with Crippen molar-refractivity contribution >= 4 is 11.8 Å². The molecule has 5 nitrogen and oxygen atoms in total. The zero-order chi connectivity index (χ0) is 20.7. The van der Waals surface area contributed by atoms with Gasteiger partial charge < -0.3 is 14.5 Å². The zero-order valence-corrected chi connectivity index (χ0v) is 15.6. The van der Waals surface area contributed by atoms with Crippen LogP contribution in [0.2, 0.25) is 0 Å². The van der Waals surface area contributed by atoms with Gasteiger partial charge in [0.15, 0.2) is 0 Å². The SMILES string of the molecule is CN(C)C(=O)CN(CC(F)(F)F)C(=O)c1ccc(COc2ccccc2)cc1. The largest absolute Gasteiger partial charge is 0.489 e. The maximum absolute atomic E-state index is 12.8. The van der Waals surface area contributed by atoms with Crippen molar-refractivity contribution in [1.82, 2.24) is 9.80 Å². The standard InChI is InChI=1S/C20H21F3N2O3/c1-24(2)18(26)12-25(14-20(21,22)23)19(27)16-10-8-15(9-11-16)13-28-17-6-4-3-5-7-17/h3-11H,12-14H2,1-2H3. The number of para-hydroxylation sites is 1. The van der Waals surface area contributed by atoms with E-state index in [1.165, 1.54) is 26.2 Å². The van der Waals surface area contributed by atoms with Crippen LogP contribution >= 0.6 is 0 Å². The second kappa shape index (κ2) is 9.25. The van der Waals surface area contributed by atoms with Gasteiger partial charge in [-0.2, -0.15) is 13.2 Å². The number of carbonyl (C=O) groups is 2. The van der Waals surface area contributed by atoms with E-state index in [1.54, 1.807) is 24.3 Å². The fourth-order valence-corrected chi connectivity index (χ4v) is 2.33. The molecule has 0 bridgehead atoms. The highest BCUT2D eigenvalue weighted by Gasteiger charge is 2.34. The van der Waals surface area contributed by atoms with E-state index in [0.717, 1.165) is 10.5 Å². The molecule has 0 aliphatic carbocycles. The van der Waals surface area contributed by atoms with Gasteiger partial charge in [-0.05, 0) is 29.8 Å². The number of hydrogen-bond donors (Lipinski definition) is 0. The minimum absolute atomic E-state index is 0.0688. The third-order valence-electron chi connectivity index (χ3n) is 3.83. The van der Waals surface area contributed by atoms with E-state index in [9.17, 15) is 22.8 Å². The van der Waals surface area contributed by atoms with Crippen molar-refractivity contribution in [2.24, 2.45) is 0 Å². The van der Waals surface area contributed by atoms with Crippen molar-refractivity contribution in [2.75, 3.05) is 27.2 Å². The van der Waals surface area contributed by atoms with Crippen LogP contribution in [0.1, 0.15) is 15.9 Å². The summed E-state index contributed by atoms with van der Waals surface area (Å²) >= 11 is 0. The molecule has 0 fully saturated rings. The highest BCUT2D eigenvalue weighted by molar-refractivity contribution is 5.96. The van der Waals surface area contributed by atoms with Gasteiger partial charge in [0.2, 0.25) is 5.91 Å². The molecule has 0 saturated heterocycles. The quantitative estimate of drug-likeness (QED) is 0.724. The van der Waals surface area contributed by atoms with Gasteiger partial charge in [-0.25, -0.2) is 0 Å². The summed E-state index contributed by atoms with van der Waals surface area (Å²) in [6, 6.07) is 15.2. The van der Waals surface area contributed by atoms with Gasteiger partial charge >= 0.3 is 6.18 Å². The summed E-state index contributed by atoms with van der Waals surface area (Å²) in [5.41, 5.74) is 0.825. The molecule has 0 aromatic heterocycles. The molecule has 2 rings (SSSR count). The lowest BCUT2D eigenvalue weighted by atomic mass is 10.1.